The fourth-order valence-corrected chi connectivity index (χ4v) is 3.24. The molecule has 0 unspecified atom stereocenters. The second kappa shape index (κ2) is 6.77. The Morgan fingerprint density at radius 1 is 1.00 bits per heavy atom. The maximum atomic E-state index is 13.3. The number of carbonyl (C=O) groups excluding carboxylic acids is 2. The van der Waals surface area contributed by atoms with Crippen LogP contribution in [-0.2, 0) is 7.05 Å². The Hall–Kier alpha value is -3.74. The predicted octanol–water partition coefficient (Wildman–Crippen LogP) is 3.25. The van der Waals surface area contributed by atoms with Gasteiger partial charge in [-0.2, -0.15) is 0 Å². The molecule has 2 heterocycles. The number of fused-ring (bicyclic) bond motifs is 2. The summed E-state index contributed by atoms with van der Waals surface area (Å²) in [7, 11) is 1.85. The van der Waals surface area contributed by atoms with Crippen molar-refractivity contribution in [2.75, 3.05) is 0 Å². The number of nitrogens with one attached hydrogen (secondary N) is 2. The van der Waals surface area contributed by atoms with E-state index in [4.69, 9.17) is 0 Å². The van der Waals surface area contributed by atoms with Crippen molar-refractivity contribution in [3.8, 4) is 0 Å². The second-order valence-corrected chi connectivity index (χ2v) is 6.54. The molecule has 140 valence electrons. The third-order valence-electron chi connectivity index (χ3n) is 4.65. The van der Waals surface area contributed by atoms with Gasteiger partial charge in [0, 0.05) is 35.6 Å². The molecule has 4 aromatic rings. The number of para-hydroxylation sites is 1. The summed E-state index contributed by atoms with van der Waals surface area (Å²) in [5.74, 6) is -1.30. The maximum Gasteiger partial charge on any atom is 0.271 e. The molecular formula is C21H17FN4O2. The van der Waals surface area contributed by atoms with Gasteiger partial charge < -0.3 is 4.57 Å². The molecule has 2 aromatic carbocycles. The number of hydrogen-bond acceptors (Lipinski definition) is 3. The number of hydrogen-bond donors (Lipinski definition) is 2. The average Bonchev–Trinajstić information content (AvgIpc) is 3.02. The summed E-state index contributed by atoms with van der Waals surface area (Å²) in [5, 5.41) is 1.43. The summed E-state index contributed by atoms with van der Waals surface area (Å²) in [6.45, 7) is 1.66. The zero-order chi connectivity index (χ0) is 19.8. The standard InChI is InChI=1S/C21H17FN4O2/c1-12-16(9-13-7-8-14(22)10-18(13)23-12)20(27)24-25-21(28)17-11-26(2)19-6-4-3-5-15(17)19/h3-11H,1-2H3,(H,24,27)(H,25,28). The number of amides is 2. The lowest BCUT2D eigenvalue weighted by atomic mass is 10.1. The highest BCUT2D eigenvalue weighted by Gasteiger charge is 2.16. The summed E-state index contributed by atoms with van der Waals surface area (Å²) >= 11 is 0. The Balaban J connectivity index is 1.55. The topological polar surface area (TPSA) is 76.0 Å². The van der Waals surface area contributed by atoms with Crippen molar-refractivity contribution in [2.24, 2.45) is 7.05 Å². The van der Waals surface area contributed by atoms with Gasteiger partial charge in [-0.15, -0.1) is 0 Å². The van der Waals surface area contributed by atoms with Crippen molar-refractivity contribution in [1.82, 2.24) is 20.4 Å². The number of nitrogens with zero attached hydrogens (tertiary/aromatic N) is 2. The summed E-state index contributed by atoms with van der Waals surface area (Å²) in [6, 6.07) is 13.3. The first kappa shape index (κ1) is 17.7. The van der Waals surface area contributed by atoms with Crippen LogP contribution in [0.3, 0.4) is 0 Å². The van der Waals surface area contributed by atoms with Crippen molar-refractivity contribution >= 4 is 33.6 Å². The van der Waals surface area contributed by atoms with E-state index in [0.29, 0.717) is 27.7 Å². The third-order valence-corrected chi connectivity index (χ3v) is 4.65. The molecule has 6 nitrogen and oxygen atoms in total. The monoisotopic (exact) mass is 376 g/mol. The SMILES string of the molecule is Cc1nc2cc(F)ccc2cc1C(=O)NNC(=O)c1cn(C)c2ccccc12. The smallest absolute Gasteiger partial charge is 0.271 e. The van der Waals surface area contributed by atoms with Gasteiger partial charge in [-0.3, -0.25) is 25.4 Å². The minimum atomic E-state index is -0.496. The van der Waals surface area contributed by atoms with Crippen LogP contribution in [0.2, 0.25) is 0 Å². The Kier molecular flexibility index (Phi) is 4.27. The molecule has 0 radical (unpaired) electrons. The highest BCUT2D eigenvalue weighted by molar-refractivity contribution is 6.08. The molecule has 0 spiro atoms. The second-order valence-electron chi connectivity index (χ2n) is 6.54. The molecule has 2 aromatic heterocycles. The highest BCUT2D eigenvalue weighted by Crippen LogP contribution is 2.20. The zero-order valence-electron chi connectivity index (χ0n) is 15.3. The molecule has 4 rings (SSSR count). The Morgan fingerprint density at radius 3 is 2.50 bits per heavy atom. The van der Waals surface area contributed by atoms with Crippen LogP contribution in [0.1, 0.15) is 26.4 Å². The van der Waals surface area contributed by atoms with Crippen LogP contribution in [0.25, 0.3) is 21.8 Å². The van der Waals surface area contributed by atoms with Gasteiger partial charge in [0.15, 0.2) is 0 Å². The number of aromatic nitrogens is 2. The van der Waals surface area contributed by atoms with Crippen LogP contribution in [0, 0.1) is 12.7 Å². The van der Waals surface area contributed by atoms with E-state index in [1.165, 1.54) is 12.1 Å². The van der Waals surface area contributed by atoms with Gasteiger partial charge in [0.1, 0.15) is 5.82 Å². The van der Waals surface area contributed by atoms with Gasteiger partial charge in [-0.25, -0.2) is 4.39 Å². The first-order valence-corrected chi connectivity index (χ1v) is 8.65. The molecule has 0 saturated heterocycles. The van der Waals surface area contributed by atoms with E-state index in [2.05, 4.69) is 15.8 Å². The Labute approximate surface area is 160 Å². The van der Waals surface area contributed by atoms with Crippen LogP contribution in [0.15, 0.2) is 54.7 Å². The predicted molar refractivity (Wildman–Crippen MR) is 104 cm³/mol. The molecule has 0 aliphatic carbocycles. The largest absolute Gasteiger partial charge is 0.350 e. The average molecular weight is 376 g/mol. The molecule has 0 bridgehead atoms. The van der Waals surface area contributed by atoms with Gasteiger partial charge in [0.05, 0.1) is 22.3 Å². The van der Waals surface area contributed by atoms with Crippen LogP contribution in [0.4, 0.5) is 4.39 Å². The zero-order valence-corrected chi connectivity index (χ0v) is 15.3. The van der Waals surface area contributed by atoms with E-state index >= 15 is 0 Å². The van der Waals surface area contributed by atoms with E-state index < -0.39 is 11.8 Å². The molecule has 0 saturated carbocycles. The fraction of sp³-hybridized carbons (Fsp3) is 0.0952. The van der Waals surface area contributed by atoms with Crippen LogP contribution in [-0.4, -0.2) is 21.4 Å². The third kappa shape index (κ3) is 3.07. The lowest BCUT2D eigenvalue weighted by molar-refractivity contribution is 0.0847. The summed E-state index contributed by atoms with van der Waals surface area (Å²) < 4.78 is 15.2. The van der Waals surface area contributed by atoms with Crippen molar-refractivity contribution in [3.63, 3.8) is 0 Å². The lowest BCUT2D eigenvalue weighted by Crippen LogP contribution is -2.41. The minimum absolute atomic E-state index is 0.303. The van der Waals surface area contributed by atoms with Gasteiger partial charge in [-0.05, 0) is 31.2 Å². The van der Waals surface area contributed by atoms with Gasteiger partial charge >= 0.3 is 0 Å². The van der Waals surface area contributed by atoms with Gasteiger partial charge in [-0.1, -0.05) is 18.2 Å². The number of aryl methyl sites for hydroxylation is 2. The van der Waals surface area contributed by atoms with Crippen molar-refractivity contribution < 1.29 is 14.0 Å². The van der Waals surface area contributed by atoms with Crippen molar-refractivity contribution in [2.45, 2.75) is 6.92 Å². The number of benzene rings is 2. The first-order valence-electron chi connectivity index (χ1n) is 8.65. The first-order chi connectivity index (χ1) is 13.4. The fourth-order valence-electron chi connectivity index (χ4n) is 3.24. The normalized spacial score (nSPS) is 11.0. The number of carbonyl (C=O) groups is 2. The number of hydrazine groups is 1. The Bertz CT molecular complexity index is 1250. The molecule has 2 amide bonds. The van der Waals surface area contributed by atoms with E-state index in [-0.39, 0.29) is 5.82 Å². The quantitative estimate of drug-likeness (QED) is 0.527. The Morgan fingerprint density at radius 2 is 1.71 bits per heavy atom. The summed E-state index contributed by atoms with van der Waals surface area (Å²) in [4.78, 5) is 29.4. The van der Waals surface area contributed by atoms with E-state index in [9.17, 15) is 14.0 Å². The summed E-state index contributed by atoms with van der Waals surface area (Å²) in [6.07, 6.45) is 1.71. The molecule has 2 N–H and O–H groups in total. The number of pyridine rings is 1. The number of halogens is 1. The maximum absolute atomic E-state index is 13.3. The minimum Gasteiger partial charge on any atom is -0.350 e. The molecule has 0 atom stereocenters. The van der Waals surface area contributed by atoms with E-state index in [1.807, 2.05) is 35.9 Å². The molecule has 0 aliphatic rings. The van der Waals surface area contributed by atoms with Crippen LogP contribution in [0.5, 0.6) is 0 Å². The highest BCUT2D eigenvalue weighted by atomic mass is 19.1. The van der Waals surface area contributed by atoms with E-state index in [0.717, 1.165) is 10.9 Å². The molecule has 0 fully saturated rings. The van der Waals surface area contributed by atoms with Gasteiger partial charge in [0.2, 0.25) is 0 Å². The molecule has 28 heavy (non-hydrogen) atoms. The summed E-state index contributed by atoms with van der Waals surface area (Å²) in [5.41, 5.74) is 7.46. The van der Waals surface area contributed by atoms with Crippen molar-refractivity contribution in [3.05, 3.63) is 77.4 Å². The van der Waals surface area contributed by atoms with Crippen LogP contribution < -0.4 is 10.9 Å². The van der Waals surface area contributed by atoms with E-state index in [1.54, 1.807) is 25.3 Å². The number of rotatable bonds is 2. The lowest BCUT2D eigenvalue weighted by Gasteiger charge is -2.10. The molecular weight excluding hydrogens is 359 g/mol. The van der Waals surface area contributed by atoms with Gasteiger partial charge in [0.25, 0.3) is 11.8 Å². The van der Waals surface area contributed by atoms with Crippen LogP contribution >= 0.6 is 0 Å². The molecule has 0 aliphatic heterocycles. The van der Waals surface area contributed by atoms with Crippen molar-refractivity contribution in [1.29, 1.82) is 0 Å². The molecule has 7 heteroatoms.